The molecule has 0 radical (unpaired) electrons. The van der Waals surface area contributed by atoms with E-state index < -0.39 is 18.4 Å². The maximum atomic E-state index is 9.78. The van der Waals surface area contributed by atoms with Gasteiger partial charge in [-0.3, -0.25) is 4.57 Å². The van der Waals surface area contributed by atoms with Gasteiger partial charge in [-0.25, -0.2) is 10.8 Å². The summed E-state index contributed by atoms with van der Waals surface area (Å²) in [6, 6.07) is 0. The normalized spacial score (nSPS) is 26.3. The summed E-state index contributed by atoms with van der Waals surface area (Å²) in [5, 5.41) is 18.9. The second-order valence-electron chi connectivity index (χ2n) is 4.42. The molecule has 0 aromatic carbocycles. The number of nitrogens with two attached hydrogens (primary N) is 1. The molecule has 0 aliphatic carbocycles. The Balaban J connectivity index is 2.03. The molecule has 9 nitrogen and oxygen atoms in total. The molecule has 5 N–H and O–H groups in total. The molecule has 10 heteroatoms. The van der Waals surface area contributed by atoms with Crippen LogP contribution in [0, 0.1) is 0 Å². The van der Waals surface area contributed by atoms with Gasteiger partial charge < -0.3 is 20.4 Å². The molecule has 0 amide bonds. The first-order chi connectivity index (χ1) is 9.63. The zero-order valence-electron chi connectivity index (χ0n) is 10.3. The fourth-order valence-electron chi connectivity index (χ4n) is 2.25. The number of hydrogen-bond acceptors (Lipinski definition) is 8. The number of aliphatic hydroxyl groups excluding tert-OH is 2. The molecule has 2 aromatic rings. The summed E-state index contributed by atoms with van der Waals surface area (Å²) in [5.74, 6) is 5.66. The number of aliphatic hydroxyl groups is 2. The number of hydrazine groups is 1. The summed E-state index contributed by atoms with van der Waals surface area (Å²) in [6.07, 6.45) is -0.0189. The Morgan fingerprint density at radius 3 is 3.00 bits per heavy atom. The number of rotatable bonds is 3. The van der Waals surface area contributed by atoms with Crippen molar-refractivity contribution in [2.45, 2.75) is 24.9 Å². The summed E-state index contributed by atoms with van der Waals surface area (Å²) in [5.41, 5.74) is 3.29. The van der Waals surface area contributed by atoms with E-state index in [-0.39, 0.29) is 11.9 Å². The maximum absolute atomic E-state index is 9.78. The predicted octanol–water partition coefficient (Wildman–Crippen LogP) is -0.594. The highest BCUT2D eigenvalue weighted by Gasteiger charge is 2.35. The number of anilines is 1. The molecule has 1 aliphatic rings. The number of ether oxygens (including phenoxy) is 1. The highest BCUT2D eigenvalue weighted by Crippen LogP contribution is 2.31. The zero-order valence-corrected chi connectivity index (χ0v) is 11.0. The molecule has 3 heterocycles. The number of nitrogens with zero attached hydrogens (tertiary/aromatic N) is 4. The Labute approximate surface area is 118 Å². The van der Waals surface area contributed by atoms with E-state index in [2.05, 4.69) is 20.4 Å². The number of imidazole rings is 1. The number of halogens is 1. The number of aromatic nitrogens is 4. The average Bonchev–Trinajstić information content (AvgIpc) is 3.00. The van der Waals surface area contributed by atoms with Crippen LogP contribution in [0.2, 0.25) is 5.28 Å². The van der Waals surface area contributed by atoms with E-state index in [0.717, 1.165) is 0 Å². The van der Waals surface area contributed by atoms with Crippen LogP contribution in [-0.4, -0.2) is 48.5 Å². The van der Waals surface area contributed by atoms with Gasteiger partial charge in [0.05, 0.1) is 19.0 Å². The Hall–Kier alpha value is -1.52. The summed E-state index contributed by atoms with van der Waals surface area (Å²) in [6.45, 7) is -0.254. The van der Waals surface area contributed by atoms with Crippen molar-refractivity contribution >= 4 is 28.6 Å². The van der Waals surface area contributed by atoms with Crippen LogP contribution in [0.25, 0.3) is 11.2 Å². The molecule has 0 spiro atoms. The molecular formula is C10H13ClN6O3. The smallest absolute Gasteiger partial charge is 0.226 e. The van der Waals surface area contributed by atoms with Crippen LogP contribution in [0.5, 0.6) is 0 Å². The molecule has 1 fully saturated rings. The van der Waals surface area contributed by atoms with E-state index in [4.69, 9.17) is 27.3 Å². The summed E-state index contributed by atoms with van der Waals surface area (Å²) >= 11 is 5.83. The van der Waals surface area contributed by atoms with Crippen molar-refractivity contribution in [1.29, 1.82) is 0 Å². The monoisotopic (exact) mass is 300 g/mol. The first kappa shape index (κ1) is 13.5. The lowest BCUT2D eigenvalue weighted by Gasteiger charge is -2.13. The fourth-order valence-corrected chi connectivity index (χ4v) is 2.42. The molecule has 2 aromatic heterocycles. The second-order valence-corrected chi connectivity index (χ2v) is 4.76. The Morgan fingerprint density at radius 1 is 1.55 bits per heavy atom. The lowest BCUT2D eigenvalue weighted by atomic mass is 10.2. The standard InChI is InChI=1S/C10H13ClN6O3/c11-10-14-8(16-12)7-9(15-10)17(3-13-7)6-1-4(19)5(2-18)20-6/h3-6,18-19H,1-2,12H2,(H,14,15,16). The topological polar surface area (TPSA) is 131 Å². The molecule has 20 heavy (non-hydrogen) atoms. The van der Waals surface area contributed by atoms with Gasteiger partial charge in [0.1, 0.15) is 12.3 Å². The first-order valence-corrected chi connectivity index (χ1v) is 6.33. The molecule has 1 saturated heterocycles. The van der Waals surface area contributed by atoms with Crippen molar-refractivity contribution in [3.8, 4) is 0 Å². The Morgan fingerprint density at radius 2 is 2.35 bits per heavy atom. The SMILES string of the molecule is NNc1nc(Cl)nc2c1ncn2C1CC(O)C(CO)O1. The quantitative estimate of drug-likeness (QED) is 0.336. The van der Waals surface area contributed by atoms with E-state index in [1.54, 1.807) is 4.57 Å². The van der Waals surface area contributed by atoms with Crippen molar-refractivity contribution in [1.82, 2.24) is 19.5 Å². The van der Waals surface area contributed by atoms with Gasteiger partial charge in [0.25, 0.3) is 0 Å². The van der Waals surface area contributed by atoms with Crippen molar-refractivity contribution in [2.75, 3.05) is 12.0 Å². The zero-order chi connectivity index (χ0) is 14.3. The number of nitrogen functional groups attached to an aromatic ring is 1. The van der Waals surface area contributed by atoms with Crippen LogP contribution >= 0.6 is 11.6 Å². The van der Waals surface area contributed by atoms with Crippen molar-refractivity contribution < 1.29 is 14.9 Å². The second kappa shape index (κ2) is 5.11. The fraction of sp³-hybridized carbons (Fsp3) is 0.500. The van der Waals surface area contributed by atoms with Gasteiger partial charge in [-0.05, 0) is 11.6 Å². The summed E-state index contributed by atoms with van der Waals surface area (Å²) < 4.78 is 7.18. The van der Waals surface area contributed by atoms with Crippen LogP contribution in [0.3, 0.4) is 0 Å². The van der Waals surface area contributed by atoms with Gasteiger partial charge in [-0.1, -0.05) is 0 Å². The van der Waals surface area contributed by atoms with Crippen LogP contribution in [0.1, 0.15) is 12.6 Å². The van der Waals surface area contributed by atoms with E-state index in [0.29, 0.717) is 23.4 Å². The number of fused-ring (bicyclic) bond motifs is 1. The highest BCUT2D eigenvalue weighted by molar-refractivity contribution is 6.28. The lowest BCUT2D eigenvalue weighted by molar-refractivity contribution is -0.0432. The van der Waals surface area contributed by atoms with Crippen molar-refractivity contribution in [2.24, 2.45) is 5.84 Å². The molecule has 3 unspecified atom stereocenters. The predicted molar refractivity (Wildman–Crippen MR) is 69.8 cm³/mol. The van der Waals surface area contributed by atoms with Crippen LogP contribution in [0.4, 0.5) is 5.82 Å². The van der Waals surface area contributed by atoms with Gasteiger partial charge in [0, 0.05) is 6.42 Å². The van der Waals surface area contributed by atoms with E-state index >= 15 is 0 Å². The molecule has 0 saturated carbocycles. The minimum atomic E-state index is -0.744. The number of nitrogens with one attached hydrogen (secondary N) is 1. The molecule has 3 rings (SSSR count). The van der Waals surface area contributed by atoms with E-state index in [1.807, 2.05) is 0 Å². The summed E-state index contributed by atoms with van der Waals surface area (Å²) in [7, 11) is 0. The van der Waals surface area contributed by atoms with Crippen LogP contribution < -0.4 is 11.3 Å². The summed E-state index contributed by atoms with van der Waals surface area (Å²) in [4.78, 5) is 12.2. The van der Waals surface area contributed by atoms with Gasteiger partial charge >= 0.3 is 0 Å². The van der Waals surface area contributed by atoms with Gasteiger partial charge in [0.2, 0.25) is 5.28 Å². The molecule has 0 bridgehead atoms. The van der Waals surface area contributed by atoms with Crippen LogP contribution in [-0.2, 0) is 4.74 Å². The van der Waals surface area contributed by atoms with E-state index in [9.17, 15) is 5.11 Å². The Kier molecular flexibility index (Phi) is 3.44. The molecule has 1 aliphatic heterocycles. The third-order valence-corrected chi connectivity index (χ3v) is 3.39. The maximum Gasteiger partial charge on any atom is 0.226 e. The third kappa shape index (κ3) is 2.09. The first-order valence-electron chi connectivity index (χ1n) is 5.95. The van der Waals surface area contributed by atoms with Gasteiger partial charge in [-0.15, -0.1) is 0 Å². The van der Waals surface area contributed by atoms with Gasteiger partial charge in [0.15, 0.2) is 17.0 Å². The Bertz CT molecular complexity index is 635. The third-order valence-electron chi connectivity index (χ3n) is 3.23. The minimum absolute atomic E-state index is 0.0180. The van der Waals surface area contributed by atoms with E-state index in [1.165, 1.54) is 6.33 Å². The van der Waals surface area contributed by atoms with Crippen molar-refractivity contribution in [3.63, 3.8) is 0 Å². The molecule has 108 valence electrons. The average molecular weight is 301 g/mol. The van der Waals surface area contributed by atoms with Crippen molar-refractivity contribution in [3.05, 3.63) is 11.6 Å². The largest absolute Gasteiger partial charge is 0.394 e. The highest BCUT2D eigenvalue weighted by atomic mass is 35.5. The van der Waals surface area contributed by atoms with Gasteiger partial charge in [-0.2, -0.15) is 9.97 Å². The van der Waals surface area contributed by atoms with Crippen LogP contribution in [0.15, 0.2) is 6.33 Å². The number of hydrogen-bond donors (Lipinski definition) is 4. The lowest BCUT2D eigenvalue weighted by Crippen LogP contribution is -2.24. The molecular weight excluding hydrogens is 288 g/mol. The minimum Gasteiger partial charge on any atom is -0.394 e. The molecule has 3 atom stereocenters.